The number of piperazine rings is 1. The topological polar surface area (TPSA) is 58.8 Å². The number of amides is 1. The average molecular weight is 293 g/mol. The highest BCUT2D eigenvalue weighted by atomic mass is 32.1. The molecule has 6 heteroatoms. The molecule has 0 spiro atoms. The summed E-state index contributed by atoms with van der Waals surface area (Å²) in [6, 6.07) is 7.39. The molecule has 1 amide bonds. The van der Waals surface area contributed by atoms with Gasteiger partial charge in [-0.1, -0.05) is 12.2 Å². The largest absolute Gasteiger partial charge is 0.492 e. The Labute approximate surface area is 124 Å². The summed E-state index contributed by atoms with van der Waals surface area (Å²) >= 11 is 4.89. The van der Waals surface area contributed by atoms with Gasteiger partial charge in [-0.2, -0.15) is 0 Å². The Morgan fingerprint density at radius 3 is 2.65 bits per heavy atom. The van der Waals surface area contributed by atoms with Crippen LogP contribution in [0.4, 0.5) is 0 Å². The number of likely N-dealkylation sites (N-methyl/N-ethyl adjacent to an activating group) is 1. The summed E-state index contributed by atoms with van der Waals surface area (Å²) in [7, 11) is 1.83. The number of carbonyl (C=O) groups excluding carboxylic acids is 1. The minimum Gasteiger partial charge on any atom is -0.492 e. The van der Waals surface area contributed by atoms with Crippen molar-refractivity contribution in [1.82, 2.24) is 9.80 Å². The molecule has 1 aliphatic rings. The fourth-order valence-corrected chi connectivity index (χ4v) is 2.14. The summed E-state index contributed by atoms with van der Waals surface area (Å²) in [6.45, 7) is 3.45. The summed E-state index contributed by atoms with van der Waals surface area (Å²) in [5.41, 5.74) is 6.36. The Morgan fingerprint density at radius 1 is 1.35 bits per heavy atom. The number of benzene rings is 1. The van der Waals surface area contributed by atoms with E-state index in [1.165, 1.54) is 0 Å². The standard InChI is InChI=1S/C14H19N3O2S/c1-16-6-7-17(10-13(16)18)8-9-19-12-4-2-11(3-5-12)14(15)20/h2-5H,6-10H2,1H3,(H2,15,20). The molecule has 0 radical (unpaired) electrons. The van der Waals surface area contributed by atoms with Crippen molar-refractivity contribution < 1.29 is 9.53 Å². The number of carbonyl (C=O) groups is 1. The van der Waals surface area contributed by atoms with Gasteiger partial charge in [-0.3, -0.25) is 9.69 Å². The van der Waals surface area contributed by atoms with Gasteiger partial charge in [0.1, 0.15) is 17.3 Å². The van der Waals surface area contributed by atoms with E-state index in [1.807, 2.05) is 31.3 Å². The van der Waals surface area contributed by atoms with E-state index < -0.39 is 0 Å². The monoisotopic (exact) mass is 293 g/mol. The van der Waals surface area contributed by atoms with Crippen LogP contribution < -0.4 is 10.5 Å². The third-order valence-electron chi connectivity index (χ3n) is 3.35. The van der Waals surface area contributed by atoms with Gasteiger partial charge in [0.25, 0.3) is 0 Å². The van der Waals surface area contributed by atoms with Crippen LogP contribution in [0.25, 0.3) is 0 Å². The Morgan fingerprint density at radius 2 is 2.05 bits per heavy atom. The molecule has 0 aromatic heterocycles. The molecule has 1 fully saturated rings. The Bertz CT molecular complexity index is 490. The summed E-state index contributed by atoms with van der Waals surface area (Å²) in [4.78, 5) is 15.8. The van der Waals surface area contributed by atoms with Crippen LogP contribution in [-0.2, 0) is 4.79 Å². The van der Waals surface area contributed by atoms with E-state index in [4.69, 9.17) is 22.7 Å². The molecule has 1 aliphatic heterocycles. The van der Waals surface area contributed by atoms with Crippen molar-refractivity contribution in [3.63, 3.8) is 0 Å². The quantitative estimate of drug-likeness (QED) is 0.800. The number of nitrogens with zero attached hydrogens (tertiary/aromatic N) is 2. The van der Waals surface area contributed by atoms with Crippen molar-refractivity contribution in [2.45, 2.75) is 0 Å². The van der Waals surface area contributed by atoms with Crippen molar-refractivity contribution in [2.75, 3.05) is 39.8 Å². The SMILES string of the molecule is CN1CCN(CCOc2ccc(C(N)=S)cc2)CC1=O. The smallest absolute Gasteiger partial charge is 0.236 e. The first-order valence-corrected chi connectivity index (χ1v) is 6.96. The third-order valence-corrected chi connectivity index (χ3v) is 3.59. The van der Waals surface area contributed by atoms with E-state index in [2.05, 4.69) is 4.90 Å². The van der Waals surface area contributed by atoms with Crippen LogP contribution in [0.1, 0.15) is 5.56 Å². The molecule has 1 saturated heterocycles. The lowest BCUT2D eigenvalue weighted by atomic mass is 10.2. The first-order valence-electron chi connectivity index (χ1n) is 6.55. The van der Waals surface area contributed by atoms with Gasteiger partial charge in [0.05, 0.1) is 6.54 Å². The molecule has 0 bridgehead atoms. The third kappa shape index (κ3) is 3.91. The number of hydrogen-bond donors (Lipinski definition) is 1. The van der Waals surface area contributed by atoms with E-state index in [9.17, 15) is 4.79 Å². The minimum atomic E-state index is 0.164. The van der Waals surface area contributed by atoms with E-state index in [1.54, 1.807) is 4.90 Å². The molecule has 0 unspecified atom stereocenters. The zero-order valence-corrected chi connectivity index (χ0v) is 12.4. The van der Waals surface area contributed by atoms with Crippen LogP contribution in [0, 0.1) is 0 Å². The lowest BCUT2D eigenvalue weighted by Gasteiger charge is -2.31. The fraction of sp³-hybridized carbons (Fsp3) is 0.429. The second-order valence-corrected chi connectivity index (χ2v) is 5.27. The highest BCUT2D eigenvalue weighted by Crippen LogP contribution is 2.12. The summed E-state index contributed by atoms with van der Waals surface area (Å²) in [6.07, 6.45) is 0. The van der Waals surface area contributed by atoms with E-state index in [-0.39, 0.29) is 5.91 Å². The van der Waals surface area contributed by atoms with Crippen LogP contribution in [0.15, 0.2) is 24.3 Å². The molecule has 0 atom stereocenters. The Hall–Kier alpha value is -1.66. The summed E-state index contributed by atoms with van der Waals surface area (Å²) in [5.74, 6) is 0.947. The molecular weight excluding hydrogens is 274 g/mol. The van der Waals surface area contributed by atoms with Crippen LogP contribution in [-0.4, -0.2) is 60.5 Å². The number of thiocarbonyl (C=S) groups is 1. The highest BCUT2D eigenvalue weighted by molar-refractivity contribution is 7.80. The molecule has 5 nitrogen and oxygen atoms in total. The van der Waals surface area contributed by atoms with Gasteiger partial charge in [-0.05, 0) is 24.3 Å². The van der Waals surface area contributed by atoms with Crippen molar-refractivity contribution in [3.05, 3.63) is 29.8 Å². The number of nitrogens with two attached hydrogens (primary N) is 1. The molecule has 108 valence electrons. The van der Waals surface area contributed by atoms with Crippen LogP contribution in [0.5, 0.6) is 5.75 Å². The minimum absolute atomic E-state index is 0.164. The maximum absolute atomic E-state index is 11.6. The molecule has 0 saturated carbocycles. The summed E-state index contributed by atoms with van der Waals surface area (Å²) < 4.78 is 5.65. The first kappa shape index (κ1) is 14.7. The number of hydrogen-bond acceptors (Lipinski definition) is 4. The van der Waals surface area contributed by atoms with Crippen LogP contribution in [0.3, 0.4) is 0 Å². The molecule has 0 aliphatic carbocycles. The molecule has 1 aromatic carbocycles. The normalized spacial score (nSPS) is 16.2. The van der Waals surface area contributed by atoms with Gasteiger partial charge in [0, 0.05) is 32.2 Å². The van der Waals surface area contributed by atoms with Crippen LogP contribution >= 0.6 is 12.2 Å². The van der Waals surface area contributed by atoms with Gasteiger partial charge in [0.2, 0.25) is 5.91 Å². The second-order valence-electron chi connectivity index (χ2n) is 4.83. The maximum Gasteiger partial charge on any atom is 0.236 e. The van der Waals surface area contributed by atoms with E-state index >= 15 is 0 Å². The predicted molar refractivity (Wildman–Crippen MR) is 81.9 cm³/mol. The summed E-state index contributed by atoms with van der Waals surface area (Å²) in [5, 5.41) is 0. The number of ether oxygens (including phenoxy) is 1. The van der Waals surface area contributed by atoms with Gasteiger partial charge in [-0.25, -0.2) is 0 Å². The maximum atomic E-state index is 11.6. The number of rotatable bonds is 5. The molecule has 2 N–H and O–H groups in total. The molecule has 20 heavy (non-hydrogen) atoms. The molecule has 1 heterocycles. The Kier molecular flexibility index (Phi) is 4.92. The fourth-order valence-electron chi connectivity index (χ4n) is 2.01. The van der Waals surface area contributed by atoms with Gasteiger partial charge in [-0.15, -0.1) is 0 Å². The van der Waals surface area contributed by atoms with E-state index in [0.717, 1.165) is 30.9 Å². The predicted octanol–water partition coefficient (Wildman–Crippen LogP) is 0.474. The lowest BCUT2D eigenvalue weighted by molar-refractivity contribution is -0.134. The first-order chi connectivity index (χ1) is 9.56. The molecule has 1 aromatic rings. The van der Waals surface area contributed by atoms with E-state index in [0.29, 0.717) is 18.1 Å². The van der Waals surface area contributed by atoms with Gasteiger partial charge >= 0.3 is 0 Å². The van der Waals surface area contributed by atoms with Crippen molar-refractivity contribution >= 4 is 23.1 Å². The highest BCUT2D eigenvalue weighted by Gasteiger charge is 2.20. The van der Waals surface area contributed by atoms with Crippen molar-refractivity contribution in [2.24, 2.45) is 5.73 Å². The zero-order valence-electron chi connectivity index (χ0n) is 11.5. The molecular formula is C14H19N3O2S. The average Bonchev–Trinajstić information content (AvgIpc) is 2.43. The van der Waals surface area contributed by atoms with Crippen molar-refractivity contribution in [1.29, 1.82) is 0 Å². The zero-order chi connectivity index (χ0) is 14.5. The lowest BCUT2D eigenvalue weighted by Crippen LogP contribution is -2.49. The molecule has 2 rings (SSSR count). The second kappa shape index (κ2) is 6.67. The van der Waals surface area contributed by atoms with Crippen molar-refractivity contribution in [3.8, 4) is 5.75 Å². The van der Waals surface area contributed by atoms with Gasteiger partial charge in [0.15, 0.2) is 0 Å². The van der Waals surface area contributed by atoms with Crippen LogP contribution in [0.2, 0.25) is 0 Å². The Balaban J connectivity index is 1.75. The van der Waals surface area contributed by atoms with Gasteiger partial charge < -0.3 is 15.4 Å².